The molecule has 1 unspecified atom stereocenters. The number of nitrogens with one attached hydrogen (secondary N) is 2. The molecule has 0 radical (unpaired) electrons. The van der Waals surface area contributed by atoms with Crippen molar-refractivity contribution < 1.29 is 9.59 Å². The Bertz CT molecular complexity index is 545. The van der Waals surface area contributed by atoms with Crippen molar-refractivity contribution in [3.05, 3.63) is 35.9 Å². The highest BCUT2D eigenvalue weighted by atomic mass is 32.2. The van der Waals surface area contributed by atoms with Gasteiger partial charge in [-0.1, -0.05) is 30.3 Å². The molecule has 2 rings (SSSR count). The molecule has 1 atom stereocenters. The van der Waals surface area contributed by atoms with Crippen LogP contribution in [-0.4, -0.2) is 41.9 Å². The molecule has 1 fully saturated rings. The Labute approximate surface area is 154 Å². The molecule has 1 aromatic rings. The van der Waals surface area contributed by atoms with E-state index in [9.17, 15) is 9.59 Å². The van der Waals surface area contributed by atoms with Crippen molar-refractivity contribution in [3.8, 4) is 0 Å². The van der Waals surface area contributed by atoms with Gasteiger partial charge in [-0.3, -0.25) is 9.59 Å². The zero-order valence-corrected chi connectivity index (χ0v) is 15.7. The fourth-order valence-electron chi connectivity index (χ4n) is 3.10. The first kappa shape index (κ1) is 19.8. The van der Waals surface area contributed by atoms with Crippen LogP contribution in [0.1, 0.15) is 37.7 Å². The fraction of sp³-hybridized carbons (Fsp3) is 0.579. The van der Waals surface area contributed by atoms with Crippen molar-refractivity contribution >= 4 is 23.6 Å². The van der Waals surface area contributed by atoms with Crippen LogP contribution in [0.15, 0.2) is 30.3 Å². The van der Waals surface area contributed by atoms with Crippen LogP contribution in [0, 0.1) is 0 Å². The van der Waals surface area contributed by atoms with E-state index in [1.807, 2.05) is 36.6 Å². The smallest absolute Gasteiger partial charge is 0.242 e. The molecule has 1 saturated carbocycles. The van der Waals surface area contributed by atoms with Crippen LogP contribution in [0.4, 0.5) is 0 Å². The lowest BCUT2D eigenvalue weighted by atomic mass is 9.91. The number of rotatable bonds is 8. The summed E-state index contributed by atoms with van der Waals surface area (Å²) in [5, 5.41) is 6.01. The van der Waals surface area contributed by atoms with E-state index < -0.39 is 6.04 Å². The molecule has 25 heavy (non-hydrogen) atoms. The molecule has 0 bridgehead atoms. The highest BCUT2D eigenvalue weighted by Crippen LogP contribution is 2.17. The second-order valence-electron chi connectivity index (χ2n) is 6.68. The first-order chi connectivity index (χ1) is 12.1. The molecule has 0 aliphatic heterocycles. The van der Waals surface area contributed by atoms with Crippen molar-refractivity contribution in [1.82, 2.24) is 10.6 Å². The Hall–Kier alpha value is -1.53. The maximum Gasteiger partial charge on any atom is 0.242 e. The lowest BCUT2D eigenvalue weighted by Crippen LogP contribution is -2.51. The minimum Gasteiger partial charge on any atom is -0.352 e. The fourth-order valence-corrected chi connectivity index (χ4v) is 3.57. The minimum atomic E-state index is -0.473. The van der Waals surface area contributed by atoms with Gasteiger partial charge < -0.3 is 16.4 Å². The van der Waals surface area contributed by atoms with Gasteiger partial charge in [0.25, 0.3) is 0 Å². The monoisotopic (exact) mass is 363 g/mol. The first-order valence-electron chi connectivity index (χ1n) is 8.96. The molecule has 138 valence electrons. The third-order valence-electron chi connectivity index (χ3n) is 4.59. The molecule has 1 aliphatic carbocycles. The molecule has 4 N–H and O–H groups in total. The van der Waals surface area contributed by atoms with E-state index in [2.05, 4.69) is 10.6 Å². The van der Waals surface area contributed by atoms with E-state index in [4.69, 9.17) is 5.73 Å². The van der Waals surface area contributed by atoms with Crippen LogP contribution in [0.25, 0.3) is 0 Å². The van der Waals surface area contributed by atoms with Gasteiger partial charge in [-0.15, -0.1) is 0 Å². The SMILES string of the molecule is CSCCC(NC(=O)Cc1ccccc1)C(=O)NC1CCC(N)CC1. The number of nitrogens with two attached hydrogens (primary N) is 1. The predicted octanol–water partition coefficient (Wildman–Crippen LogP) is 1.85. The molecule has 1 aromatic carbocycles. The van der Waals surface area contributed by atoms with E-state index >= 15 is 0 Å². The Kier molecular flexibility index (Phi) is 8.28. The lowest BCUT2D eigenvalue weighted by Gasteiger charge is -2.28. The number of thioether (sulfide) groups is 1. The molecule has 0 spiro atoms. The number of carbonyl (C=O) groups is 2. The normalized spacial score (nSPS) is 21.4. The summed E-state index contributed by atoms with van der Waals surface area (Å²) >= 11 is 1.68. The Balaban J connectivity index is 1.88. The van der Waals surface area contributed by atoms with Crippen molar-refractivity contribution in [2.24, 2.45) is 5.73 Å². The zero-order valence-electron chi connectivity index (χ0n) is 14.9. The zero-order chi connectivity index (χ0) is 18.1. The highest BCUT2D eigenvalue weighted by Gasteiger charge is 2.25. The van der Waals surface area contributed by atoms with Crippen LogP contribution in [0.2, 0.25) is 0 Å². The average Bonchev–Trinajstić information content (AvgIpc) is 2.61. The lowest BCUT2D eigenvalue weighted by molar-refractivity contribution is -0.129. The Morgan fingerprint density at radius 3 is 2.52 bits per heavy atom. The average molecular weight is 364 g/mol. The summed E-state index contributed by atoms with van der Waals surface area (Å²) in [4.78, 5) is 24.9. The van der Waals surface area contributed by atoms with Crippen molar-refractivity contribution in [1.29, 1.82) is 0 Å². The predicted molar refractivity (Wildman–Crippen MR) is 103 cm³/mol. The topological polar surface area (TPSA) is 84.2 Å². The van der Waals surface area contributed by atoms with Gasteiger partial charge >= 0.3 is 0 Å². The summed E-state index contributed by atoms with van der Waals surface area (Å²) < 4.78 is 0. The molecule has 2 amide bonds. The number of amides is 2. The Morgan fingerprint density at radius 2 is 1.88 bits per heavy atom. The molecule has 0 heterocycles. The second-order valence-corrected chi connectivity index (χ2v) is 7.67. The van der Waals surface area contributed by atoms with E-state index in [0.717, 1.165) is 37.0 Å². The first-order valence-corrected chi connectivity index (χ1v) is 10.4. The van der Waals surface area contributed by atoms with Crippen molar-refractivity contribution in [2.75, 3.05) is 12.0 Å². The summed E-state index contributed by atoms with van der Waals surface area (Å²) in [7, 11) is 0. The molecule has 1 aliphatic rings. The number of hydrogen-bond acceptors (Lipinski definition) is 4. The summed E-state index contributed by atoms with van der Waals surface area (Å²) in [5.74, 6) is 0.647. The van der Waals surface area contributed by atoms with Crippen LogP contribution >= 0.6 is 11.8 Å². The van der Waals surface area contributed by atoms with Gasteiger partial charge in [0.2, 0.25) is 11.8 Å². The van der Waals surface area contributed by atoms with Gasteiger partial charge in [-0.2, -0.15) is 11.8 Å². The van der Waals surface area contributed by atoms with Gasteiger partial charge in [0, 0.05) is 12.1 Å². The van der Waals surface area contributed by atoms with E-state index in [-0.39, 0.29) is 23.9 Å². The van der Waals surface area contributed by atoms with E-state index in [1.165, 1.54) is 0 Å². The number of benzene rings is 1. The molecule has 0 aromatic heterocycles. The van der Waals surface area contributed by atoms with Gasteiger partial charge in [-0.05, 0) is 49.7 Å². The van der Waals surface area contributed by atoms with Crippen LogP contribution in [0.3, 0.4) is 0 Å². The standard InChI is InChI=1S/C19H29N3O2S/c1-25-12-11-17(19(24)21-16-9-7-15(20)8-10-16)22-18(23)13-14-5-3-2-4-6-14/h2-6,15-17H,7-13,20H2,1H3,(H,21,24)(H,22,23). The largest absolute Gasteiger partial charge is 0.352 e. The summed E-state index contributed by atoms with van der Waals surface area (Å²) in [6, 6.07) is 9.54. The third-order valence-corrected chi connectivity index (χ3v) is 5.23. The molecule has 5 nitrogen and oxygen atoms in total. The van der Waals surface area contributed by atoms with Crippen molar-refractivity contribution in [2.45, 2.75) is 56.7 Å². The van der Waals surface area contributed by atoms with Gasteiger partial charge in [-0.25, -0.2) is 0 Å². The van der Waals surface area contributed by atoms with Gasteiger partial charge in [0.05, 0.1) is 6.42 Å². The quantitative estimate of drug-likeness (QED) is 0.658. The van der Waals surface area contributed by atoms with E-state index in [0.29, 0.717) is 12.8 Å². The molecule has 0 saturated heterocycles. The van der Waals surface area contributed by atoms with Gasteiger partial charge in [0.1, 0.15) is 6.04 Å². The summed E-state index contributed by atoms with van der Waals surface area (Å²) in [6.45, 7) is 0. The Morgan fingerprint density at radius 1 is 1.20 bits per heavy atom. The molecule has 6 heteroatoms. The van der Waals surface area contributed by atoms with Gasteiger partial charge in [0.15, 0.2) is 0 Å². The number of carbonyl (C=O) groups excluding carboxylic acids is 2. The highest BCUT2D eigenvalue weighted by molar-refractivity contribution is 7.98. The van der Waals surface area contributed by atoms with Crippen LogP contribution in [0.5, 0.6) is 0 Å². The second kappa shape index (κ2) is 10.5. The van der Waals surface area contributed by atoms with Crippen LogP contribution < -0.4 is 16.4 Å². The summed E-state index contributed by atoms with van der Waals surface area (Å²) in [6.07, 6.45) is 6.66. The summed E-state index contributed by atoms with van der Waals surface area (Å²) in [5.41, 5.74) is 6.87. The molecular formula is C19H29N3O2S. The number of hydrogen-bond donors (Lipinski definition) is 3. The maximum absolute atomic E-state index is 12.6. The maximum atomic E-state index is 12.6. The van der Waals surface area contributed by atoms with Crippen LogP contribution in [-0.2, 0) is 16.0 Å². The van der Waals surface area contributed by atoms with E-state index in [1.54, 1.807) is 11.8 Å². The minimum absolute atomic E-state index is 0.0732. The van der Waals surface area contributed by atoms with Crippen molar-refractivity contribution in [3.63, 3.8) is 0 Å². The molecular weight excluding hydrogens is 334 g/mol. The third kappa shape index (κ3) is 7.08.